The summed E-state index contributed by atoms with van der Waals surface area (Å²) in [6, 6.07) is 20.8. The smallest absolute Gasteiger partial charge is 0.284 e. The molecule has 0 bridgehead atoms. The second kappa shape index (κ2) is 8.28. The van der Waals surface area contributed by atoms with E-state index in [1.165, 1.54) is 10.6 Å². The Labute approximate surface area is 123 Å². The van der Waals surface area contributed by atoms with Crippen LogP contribution in [0.15, 0.2) is 60.7 Å². The number of benzene rings is 2. The molecular formula is C15H17O3PS. The van der Waals surface area contributed by atoms with Crippen LogP contribution in [0.5, 0.6) is 0 Å². The van der Waals surface area contributed by atoms with E-state index < -0.39 is 19.3 Å². The van der Waals surface area contributed by atoms with Crippen molar-refractivity contribution >= 4 is 29.9 Å². The van der Waals surface area contributed by atoms with Crippen molar-refractivity contribution < 1.29 is 12.9 Å². The molecule has 0 fully saturated rings. The molecule has 20 heavy (non-hydrogen) atoms. The van der Waals surface area contributed by atoms with E-state index in [9.17, 15) is 4.21 Å². The van der Waals surface area contributed by atoms with Gasteiger partial charge in [0.2, 0.25) is 0 Å². The Hall–Kier alpha value is -1.06. The summed E-state index contributed by atoms with van der Waals surface area (Å²) in [5, 5.41) is 2.64. The van der Waals surface area contributed by atoms with E-state index in [0.717, 1.165) is 12.6 Å². The molecular weight excluding hydrogens is 291 g/mol. The zero-order chi connectivity index (χ0) is 14.2. The normalized spacial score (nSPS) is 12.5. The lowest BCUT2D eigenvalue weighted by molar-refractivity contribution is 0.308. The molecule has 2 aromatic rings. The molecule has 2 aromatic carbocycles. The molecule has 0 aliphatic carbocycles. The molecule has 3 nitrogen and oxygen atoms in total. The maximum absolute atomic E-state index is 10.5. The van der Waals surface area contributed by atoms with Gasteiger partial charge in [-0.15, -0.1) is 0 Å². The minimum absolute atomic E-state index is 0.307. The molecule has 0 heterocycles. The Bertz CT molecular complexity index is 494. The SMILES string of the molecule is O=S(O)OCCCP(c1ccccc1)c1ccccc1. The molecule has 0 amide bonds. The third kappa shape index (κ3) is 4.80. The highest BCUT2D eigenvalue weighted by Crippen LogP contribution is 2.33. The lowest BCUT2D eigenvalue weighted by Crippen LogP contribution is -2.14. The molecule has 0 saturated heterocycles. The van der Waals surface area contributed by atoms with Gasteiger partial charge in [0.05, 0.1) is 6.61 Å². The highest BCUT2D eigenvalue weighted by Gasteiger charge is 2.12. The topological polar surface area (TPSA) is 46.5 Å². The van der Waals surface area contributed by atoms with Gasteiger partial charge < -0.3 is 0 Å². The fourth-order valence-electron chi connectivity index (χ4n) is 1.98. The molecule has 1 atom stereocenters. The molecule has 0 saturated carbocycles. The van der Waals surface area contributed by atoms with Gasteiger partial charge >= 0.3 is 11.4 Å². The van der Waals surface area contributed by atoms with Gasteiger partial charge in [-0.3, -0.25) is 8.74 Å². The Kier molecular flexibility index (Phi) is 6.34. The first-order chi connectivity index (χ1) is 9.77. The van der Waals surface area contributed by atoms with Crippen LogP contribution in [0.4, 0.5) is 0 Å². The van der Waals surface area contributed by atoms with E-state index in [2.05, 4.69) is 24.3 Å². The quantitative estimate of drug-likeness (QED) is 0.486. The Morgan fingerprint density at radius 3 is 1.90 bits per heavy atom. The summed E-state index contributed by atoms with van der Waals surface area (Å²) in [4.78, 5) is 0. The molecule has 1 N–H and O–H groups in total. The van der Waals surface area contributed by atoms with E-state index in [1.807, 2.05) is 36.4 Å². The van der Waals surface area contributed by atoms with Crippen molar-refractivity contribution in [3.8, 4) is 0 Å². The Morgan fingerprint density at radius 2 is 1.45 bits per heavy atom. The first-order valence-electron chi connectivity index (χ1n) is 6.39. The van der Waals surface area contributed by atoms with Crippen LogP contribution < -0.4 is 10.6 Å². The van der Waals surface area contributed by atoms with Crippen molar-refractivity contribution in [1.29, 1.82) is 0 Å². The summed E-state index contributed by atoms with van der Waals surface area (Å²) in [6.07, 6.45) is 1.71. The van der Waals surface area contributed by atoms with Crippen molar-refractivity contribution in [1.82, 2.24) is 0 Å². The monoisotopic (exact) mass is 308 g/mol. The van der Waals surface area contributed by atoms with Crippen molar-refractivity contribution in [2.45, 2.75) is 6.42 Å². The van der Waals surface area contributed by atoms with E-state index >= 15 is 0 Å². The van der Waals surface area contributed by atoms with Crippen LogP contribution >= 0.6 is 7.92 Å². The van der Waals surface area contributed by atoms with Gasteiger partial charge in [0.1, 0.15) is 0 Å². The van der Waals surface area contributed by atoms with E-state index in [-0.39, 0.29) is 0 Å². The first-order valence-corrected chi connectivity index (χ1v) is 8.95. The highest BCUT2D eigenvalue weighted by atomic mass is 32.2. The van der Waals surface area contributed by atoms with Crippen molar-refractivity contribution in [3.05, 3.63) is 60.7 Å². The molecule has 106 valence electrons. The second-order valence-corrected chi connectivity index (χ2v) is 7.22. The maximum atomic E-state index is 10.5. The second-order valence-electron chi connectivity index (χ2n) is 4.22. The van der Waals surface area contributed by atoms with Crippen LogP contribution in [-0.2, 0) is 15.5 Å². The van der Waals surface area contributed by atoms with Crippen LogP contribution in [-0.4, -0.2) is 21.5 Å². The zero-order valence-electron chi connectivity index (χ0n) is 11.0. The number of rotatable bonds is 7. The van der Waals surface area contributed by atoms with Crippen LogP contribution in [0.1, 0.15) is 6.42 Å². The molecule has 0 radical (unpaired) electrons. The summed E-state index contributed by atoms with van der Waals surface area (Å²) in [5.41, 5.74) is 0. The average molecular weight is 308 g/mol. The van der Waals surface area contributed by atoms with Gasteiger partial charge in [0, 0.05) is 0 Å². The van der Waals surface area contributed by atoms with Gasteiger partial charge in [-0.05, 0) is 31.1 Å². The molecule has 0 spiro atoms. The zero-order valence-corrected chi connectivity index (χ0v) is 12.7. The minimum atomic E-state index is -2.16. The summed E-state index contributed by atoms with van der Waals surface area (Å²) in [7, 11) is -0.442. The average Bonchev–Trinajstić information content (AvgIpc) is 2.49. The lowest BCUT2D eigenvalue weighted by atomic mass is 10.4. The maximum Gasteiger partial charge on any atom is 0.301 e. The van der Waals surface area contributed by atoms with Gasteiger partial charge in [-0.2, -0.15) is 4.21 Å². The van der Waals surface area contributed by atoms with Gasteiger partial charge in [-0.1, -0.05) is 60.7 Å². The number of hydrogen-bond donors (Lipinski definition) is 1. The standard InChI is InChI=1S/C15H17O3PS/c16-20(17)18-12-7-13-19(14-8-3-1-4-9-14)15-10-5-2-6-11-15/h1-6,8-11H,7,12-13H2,(H,16,17). The van der Waals surface area contributed by atoms with Crippen LogP contribution in [0.2, 0.25) is 0 Å². The Morgan fingerprint density at radius 1 is 0.950 bits per heavy atom. The molecule has 1 unspecified atom stereocenters. The van der Waals surface area contributed by atoms with Crippen LogP contribution in [0.3, 0.4) is 0 Å². The predicted octanol–water partition coefficient (Wildman–Crippen LogP) is 2.66. The van der Waals surface area contributed by atoms with Gasteiger partial charge in [0.15, 0.2) is 0 Å². The van der Waals surface area contributed by atoms with Gasteiger partial charge in [-0.25, -0.2) is 0 Å². The molecule has 2 rings (SSSR count). The van der Waals surface area contributed by atoms with Crippen LogP contribution in [0, 0.1) is 0 Å². The third-order valence-electron chi connectivity index (χ3n) is 2.85. The lowest BCUT2D eigenvalue weighted by Gasteiger charge is -2.18. The first kappa shape index (κ1) is 15.3. The fourth-order valence-corrected chi connectivity index (χ4v) is 4.56. The highest BCUT2D eigenvalue weighted by molar-refractivity contribution is 7.74. The summed E-state index contributed by atoms with van der Waals surface area (Å²) >= 11 is -2.16. The molecule has 5 heteroatoms. The number of hydrogen-bond acceptors (Lipinski definition) is 2. The van der Waals surface area contributed by atoms with E-state index in [4.69, 9.17) is 8.74 Å². The molecule has 0 aromatic heterocycles. The third-order valence-corrected chi connectivity index (χ3v) is 5.82. The Balaban J connectivity index is 2.07. The van der Waals surface area contributed by atoms with E-state index in [1.54, 1.807) is 0 Å². The predicted molar refractivity (Wildman–Crippen MR) is 85.3 cm³/mol. The molecule has 0 aliphatic rings. The van der Waals surface area contributed by atoms with Crippen LogP contribution in [0.25, 0.3) is 0 Å². The summed E-state index contributed by atoms with van der Waals surface area (Å²) in [6.45, 7) is 0.307. The summed E-state index contributed by atoms with van der Waals surface area (Å²) in [5.74, 6) is 0. The van der Waals surface area contributed by atoms with Crippen molar-refractivity contribution in [2.75, 3.05) is 12.8 Å². The summed E-state index contributed by atoms with van der Waals surface area (Å²) < 4.78 is 23.8. The fraction of sp³-hybridized carbons (Fsp3) is 0.200. The minimum Gasteiger partial charge on any atom is -0.284 e. The van der Waals surface area contributed by atoms with Crippen molar-refractivity contribution in [2.24, 2.45) is 0 Å². The van der Waals surface area contributed by atoms with Gasteiger partial charge in [0.25, 0.3) is 0 Å². The largest absolute Gasteiger partial charge is 0.301 e. The van der Waals surface area contributed by atoms with E-state index in [0.29, 0.717) is 6.61 Å². The van der Waals surface area contributed by atoms with Crippen molar-refractivity contribution in [3.63, 3.8) is 0 Å². The molecule has 0 aliphatic heterocycles.